The molecule has 0 saturated heterocycles. The molecule has 1 amide bonds. The summed E-state index contributed by atoms with van der Waals surface area (Å²) < 4.78 is 0. The summed E-state index contributed by atoms with van der Waals surface area (Å²) in [5.41, 5.74) is 1.87. The van der Waals surface area contributed by atoms with E-state index in [4.69, 9.17) is 5.26 Å². The molecular weight excluding hydrogens is 238 g/mol. The Bertz CT molecular complexity index is 434. The van der Waals surface area contributed by atoms with Crippen LogP contribution >= 0.6 is 0 Å². The van der Waals surface area contributed by atoms with Gasteiger partial charge in [0, 0.05) is 11.7 Å². The summed E-state index contributed by atoms with van der Waals surface area (Å²) in [6.45, 7) is 4.38. The number of nitrogens with one attached hydrogen (secondary N) is 2. The number of carbonyl (C=O) groups excluding carboxylic acids is 1. The average Bonchev–Trinajstić information content (AvgIpc) is 2.38. The largest absolute Gasteiger partial charge is 0.376 e. The molecule has 0 aliphatic rings. The summed E-state index contributed by atoms with van der Waals surface area (Å²) in [6.07, 6.45) is 2.47. The van der Waals surface area contributed by atoms with Gasteiger partial charge in [0.05, 0.1) is 19.0 Å². The van der Waals surface area contributed by atoms with Gasteiger partial charge in [-0.25, -0.2) is 0 Å². The number of anilines is 1. The van der Waals surface area contributed by atoms with Crippen LogP contribution in [0, 0.1) is 11.3 Å². The predicted molar refractivity (Wildman–Crippen MR) is 76.8 cm³/mol. The van der Waals surface area contributed by atoms with Crippen molar-refractivity contribution in [2.45, 2.75) is 39.2 Å². The molecule has 4 nitrogen and oxygen atoms in total. The Morgan fingerprint density at radius 2 is 2.05 bits per heavy atom. The Balaban J connectivity index is 2.36. The van der Waals surface area contributed by atoms with Gasteiger partial charge < -0.3 is 10.6 Å². The van der Waals surface area contributed by atoms with Crippen molar-refractivity contribution in [1.29, 1.82) is 5.26 Å². The average molecular weight is 259 g/mol. The van der Waals surface area contributed by atoms with Crippen molar-refractivity contribution in [3.63, 3.8) is 0 Å². The quantitative estimate of drug-likeness (QED) is 0.790. The summed E-state index contributed by atoms with van der Waals surface area (Å²) in [6, 6.07) is 9.88. The number of nitrogens with zero attached hydrogens (tertiary/aromatic N) is 1. The van der Waals surface area contributed by atoms with Crippen LogP contribution in [0.2, 0.25) is 0 Å². The molecular formula is C15H21N3O. The molecule has 102 valence electrons. The van der Waals surface area contributed by atoms with Crippen molar-refractivity contribution in [3.8, 4) is 6.07 Å². The van der Waals surface area contributed by atoms with Crippen LogP contribution in [0.5, 0.6) is 0 Å². The maximum atomic E-state index is 11.7. The van der Waals surface area contributed by atoms with Crippen molar-refractivity contribution in [2.75, 3.05) is 11.9 Å². The molecule has 0 heterocycles. The van der Waals surface area contributed by atoms with Crippen LogP contribution in [0.3, 0.4) is 0 Å². The highest BCUT2D eigenvalue weighted by atomic mass is 16.1. The van der Waals surface area contributed by atoms with Crippen molar-refractivity contribution in [3.05, 3.63) is 29.8 Å². The lowest BCUT2D eigenvalue weighted by molar-refractivity contribution is -0.120. The lowest BCUT2D eigenvalue weighted by atomic mass is 10.1. The maximum Gasteiger partial charge on any atom is 0.239 e. The van der Waals surface area contributed by atoms with Gasteiger partial charge in [0.25, 0.3) is 0 Å². The van der Waals surface area contributed by atoms with Crippen molar-refractivity contribution in [2.24, 2.45) is 0 Å². The van der Waals surface area contributed by atoms with E-state index in [0.717, 1.165) is 24.1 Å². The Morgan fingerprint density at radius 3 is 2.63 bits per heavy atom. The first-order valence-electron chi connectivity index (χ1n) is 6.64. The van der Waals surface area contributed by atoms with Crippen molar-refractivity contribution < 1.29 is 4.79 Å². The molecule has 1 rings (SSSR count). The maximum absolute atomic E-state index is 11.7. The molecule has 0 aliphatic heterocycles. The highest BCUT2D eigenvalue weighted by Crippen LogP contribution is 2.09. The predicted octanol–water partition coefficient (Wildman–Crippen LogP) is 2.47. The van der Waals surface area contributed by atoms with Crippen LogP contribution in [0.4, 0.5) is 5.69 Å². The van der Waals surface area contributed by atoms with Gasteiger partial charge in [0.2, 0.25) is 5.91 Å². The second-order valence-corrected chi connectivity index (χ2v) is 4.64. The van der Waals surface area contributed by atoms with Crippen LogP contribution in [-0.4, -0.2) is 18.5 Å². The lowest BCUT2D eigenvalue weighted by Crippen LogP contribution is -2.36. The zero-order chi connectivity index (χ0) is 14.1. The van der Waals surface area contributed by atoms with Crippen molar-refractivity contribution in [1.82, 2.24) is 5.32 Å². The monoisotopic (exact) mass is 259 g/mol. The third-order valence-electron chi connectivity index (χ3n) is 2.82. The Labute approximate surface area is 114 Å². The molecule has 19 heavy (non-hydrogen) atoms. The fourth-order valence-corrected chi connectivity index (χ4v) is 1.85. The molecule has 0 aliphatic carbocycles. The number of rotatable bonds is 7. The molecule has 1 unspecified atom stereocenters. The molecule has 2 N–H and O–H groups in total. The lowest BCUT2D eigenvalue weighted by Gasteiger charge is -2.13. The van der Waals surface area contributed by atoms with Crippen molar-refractivity contribution >= 4 is 11.6 Å². The van der Waals surface area contributed by atoms with E-state index in [1.807, 2.05) is 31.2 Å². The SMILES string of the molecule is CCCC(C)NC(=O)CNc1ccc(CC#N)cc1. The van der Waals surface area contributed by atoms with E-state index in [9.17, 15) is 4.79 Å². The highest BCUT2D eigenvalue weighted by molar-refractivity contribution is 5.80. The molecule has 0 bridgehead atoms. The van der Waals surface area contributed by atoms with Gasteiger partial charge >= 0.3 is 0 Å². The number of nitriles is 1. The van der Waals surface area contributed by atoms with E-state index >= 15 is 0 Å². The normalized spacial score (nSPS) is 11.4. The highest BCUT2D eigenvalue weighted by Gasteiger charge is 2.05. The fourth-order valence-electron chi connectivity index (χ4n) is 1.85. The fraction of sp³-hybridized carbons (Fsp3) is 0.467. The van der Waals surface area contributed by atoms with Crippen LogP contribution in [0.15, 0.2) is 24.3 Å². The molecule has 1 aromatic rings. The molecule has 4 heteroatoms. The Hall–Kier alpha value is -2.02. The number of amides is 1. The van der Waals surface area contributed by atoms with Gasteiger partial charge in [-0.2, -0.15) is 5.26 Å². The van der Waals surface area contributed by atoms with E-state index in [0.29, 0.717) is 6.42 Å². The van der Waals surface area contributed by atoms with Gasteiger partial charge in [0.1, 0.15) is 0 Å². The second-order valence-electron chi connectivity index (χ2n) is 4.64. The minimum absolute atomic E-state index is 0.00190. The molecule has 0 radical (unpaired) electrons. The van der Waals surface area contributed by atoms with E-state index in [1.54, 1.807) is 0 Å². The van der Waals surface area contributed by atoms with Crippen LogP contribution in [0.25, 0.3) is 0 Å². The first kappa shape index (κ1) is 15.0. The Morgan fingerprint density at radius 1 is 1.37 bits per heavy atom. The molecule has 0 saturated carbocycles. The first-order valence-corrected chi connectivity index (χ1v) is 6.64. The van der Waals surface area contributed by atoms with Crippen LogP contribution in [-0.2, 0) is 11.2 Å². The summed E-state index contributed by atoms with van der Waals surface area (Å²) >= 11 is 0. The standard InChI is InChI=1S/C15H21N3O/c1-3-4-12(2)18-15(19)11-17-14-7-5-13(6-8-14)9-10-16/h5-8,12,17H,3-4,9,11H2,1-2H3,(H,18,19). The molecule has 1 atom stereocenters. The number of benzene rings is 1. The molecule has 0 fully saturated rings. The third-order valence-corrected chi connectivity index (χ3v) is 2.82. The minimum atomic E-state index is 0.00190. The smallest absolute Gasteiger partial charge is 0.239 e. The van der Waals surface area contributed by atoms with E-state index in [1.165, 1.54) is 0 Å². The molecule has 0 aromatic heterocycles. The van der Waals surface area contributed by atoms with Gasteiger partial charge in [-0.15, -0.1) is 0 Å². The van der Waals surface area contributed by atoms with E-state index in [2.05, 4.69) is 23.6 Å². The zero-order valence-electron chi connectivity index (χ0n) is 11.6. The first-order chi connectivity index (χ1) is 9.15. The van der Waals surface area contributed by atoms with Gasteiger partial charge in [-0.3, -0.25) is 4.79 Å². The second kappa shape index (κ2) is 8.15. The topological polar surface area (TPSA) is 64.9 Å². The van der Waals surface area contributed by atoms with E-state index < -0.39 is 0 Å². The molecule has 1 aromatic carbocycles. The van der Waals surface area contributed by atoms with Gasteiger partial charge in [-0.1, -0.05) is 25.5 Å². The van der Waals surface area contributed by atoms with Gasteiger partial charge in [-0.05, 0) is 31.0 Å². The minimum Gasteiger partial charge on any atom is -0.376 e. The summed E-state index contributed by atoms with van der Waals surface area (Å²) in [7, 11) is 0. The van der Waals surface area contributed by atoms with Gasteiger partial charge in [0.15, 0.2) is 0 Å². The number of hydrogen-bond acceptors (Lipinski definition) is 3. The summed E-state index contributed by atoms with van der Waals surface area (Å²) in [5, 5.41) is 14.6. The summed E-state index contributed by atoms with van der Waals surface area (Å²) in [5.74, 6) is 0.00190. The number of carbonyl (C=O) groups is 1. The van der Waals surface area contributed by atoms with E-state index in [-0.39, 0.29) is 18.5 Å². The zero-order valence-corrected chi connectivity index (χ0v) is 11.6. The van der Waals surface area contributed by atoms with Crippen LogP contribution < -0.4 is 10.6 Å². The molecule has 0 spiro atoms. The Kier molecular flexibility index (Phi) is 6.45. The number of hydrogen-bond donors (Lipinski definition) is 2. The summed E-state index contributed by atoms with van der Waals surface area (Å²) in [4.78, 5) is 11.7. The van der Waals surface area contributed by atoms with Crippen LogP contribution in [0.1, 0.15) is 32.3 Å². The third kappa shape index (κ3) is 5.91.